The molecule has 0 spiro atoms. The lowest BCUT2D eigenvalue weighted by Crippen LogP contribution is -2.32. The summed E-state index contributed by atoms with van der Waals surface area (Å²) in [7, 11) is -2.50. The molecule has 2 aromatic carbocycles. The number of hydrogen-bond acceptors (Lipinski definition) is 3. The van der Waals surface area contributed by atoms with Crippen LogP contribution in [0.2, 0.25) is 0 Å². The van der Waals surface area contributed by atoms with E-state index in [0.29, 0.717) is 5.56 Å². The van der Waals surface area contributed by atoms with Crippen LogP contribution < -0.4 is 0 Å². The van der Waals surface area contributed by atoms with Crippen molar-refractivity contribution in [1.29, 1.82) is 0 Å². The molecule has 0 saturated heterocycles. The predicted octanol–water partition coefficient (Wildman–Crippen LogP) is 3.27. The van der Waals surface area contributed by atoms with Crippen LogP contribution in [0.25, 0.3) is 0 Å². The summed E-state index contributed by atoms with van der Waals surface area (Å²) in [6, 6.07) is 8.99. The van der Waals surface area contributed by atoms with E-state index in [0.717, 1.165) is 16.4 Å². The molecule has 0 fully saturated rings. The van der Waals surface area contributed by atoms with Gasteiger partial charge in [0.25, 0.3) is 5.91 Å². The van der Waals surface area contributed by atoms with E-state index in [2.05, 4.69) is 0 Å². The average molecular weight is 396 g/mol. The maximum Gasteiger partial charge on any atom is 0.253 e. The Kier molecular flexibility index (Phi) is 6.67. The highest BCUT2D eigenvalue weighted by Crippen LogP contribution is 2.22. The van der Waals surface area contributed by atoms with E-state index < -0.39 is 26.6 Å². The molecule has 0 aliphatic rings. The third-order valence-electron chi connectivity index (χ3n) is 4.18. The zero-order chi connectivity index (χ0) is 20.2. The summed E-state index contributed by atoms with van der Waals surface area (Å²) in [4.78, 5) is 13.5. The molecule has 0 N–H and O–H groups in total. The Morgan fingerprint density at radius 3 is 2.15 bits per heavy atom. The Morgan fingerprint density at radius 1 is 1.00 bits per heavy atom. The molecule has 0 aliphatic heterocycles. The van der Waals surface area contributed by atoms with Crippen molar-refractivity contribution in [3.8, 4) is 0 Å². The second-order valence-corrected chi connectivity index (χ2v) is 7.93. The fourth-order valence-electron chi connectivity index (χ4n) is 2.69. The Morgan fingerprint density at radius 2 is 1.59 bits per heavy atom. The Hall–Kier alpha value is -2.32. The topological polar surface area (TPSA) is 57.7 Å². The number of halogens is 2. The second kappa shape index (κ2) is 8.58. The first-order chi connectivity index (χ1) is 12.7. The van der Waals surface area contributed by atoms with Crippen LogP contribution in [0.5, 0.6) is 0 Å². The minimum atomic E-state index is -4.03. The molecule has 0 bridgehead atoms. The lowest BCUT2D eigenvalue weighted by molar-refractivity contribution is 0.0784. The lowest BCUT2D eigenvalue weighted by Gasteiger charge is -2.20. The van der Waals surface area contributed by atoms with E-state index in [1.54, 1.807) is 26.0 Å². The molecule has 146 valence electrons. The van der Waals surface area contributed by atoms with Gasteiger partial charge in [-0.15, -0.1) is 0 Å². The maximum atomic E-state index is 14.2. The number of carbonyl (C=O) groups excluding carboxylic acids is 1. The summed E-state index contributed by atoms with van der Waals surface area (Å²) in [6.07, 6.45) is 0. The third-order valence-corrected chi connectivity index (χ3v) is 6.25. The van der Waals surface area contributed by atoms with Gasteiger partial charge in [0, 0.05) is 32.2 Å². The van der Waals surface area contributed by atoms with Gasteiger partial charge in [-0.3, -0.25) is 4.79 Å². The molecule has 0 saturated carbocycles. The maximum absolute atomic E-state index is 14.2. The number of benzene rings is 2. The summed E-state index contributed by atoms with van der Waals surface area (Å²) in [5, 5.41) is 0. The fraction of sp³-hybridized carbons (Fsp3) is 0.316. The van der Waals surface area contributed by atoms with Gasteiger partial charge in [0.05, 0.1) is 0 Å². The highest BCUT2D eigenvalue weighted by molar-refractivity contribution is 7.89. The van der Waals surface area contributed by atoms with E-state index in [1.165, 1.54) is 30.1 Å². The number of sulfonamides is 1. The minimum absolute atomic E-state index is 0.0618. The third kappa shape index (κ3) is 4.70. The van der Waals surface area contributed by atoms with Gasteiger partial charge in [0.2, 0.25) is 10.0 Å². The van der Waals surface area contributed by atoms with Crippen LogP contribution in [0.4, 0.5) is 8.78 Å². The van der Waals surface area contributed by atoms with Crippen molar-refractivity contribution in [2.45, 2.75) is 25.3 Å². The molecular weight excluding hydrogens is 374 g/mol. The van der Waals surface area contributed by atoms with Gasteiger partial charge >= 0.3 is 0 Å². The molecule has 5 nitrogen and oxygen atoms in total. The number of carbonyl (C=O) groups is 1. The smallest absolute Gasteiger partial charge is 0.253 e. The summed E-state index contributed by atoms with van der Waals surface area (Å²) in [5.74, 6) is -1.74. The standard InChI is InChI=1S/C19H22F2N2O3S/c1-4-23(5-2)27(25,26)18-12-15(8-11-17(18)21)19(24)22(3)13-14-6-9-16(20)10-7-14/h6-12H,4-5,13H2,1-3H3. The quantitative estimate of drug-likeness (QED) is 0.722. The van der Waals surface area contributed by atoms with E-state index in [4.69, 9.17) is 0 Å². The van der Waals surface area contributed by atoms with Crippen LogP contribution in [0.15, 0.2) is 47.4 Å². The molecule has 1 amide bonds. The summed E-state index contributed by atoms with van der Waals surface area (Å²) < 4.78 is 53.5. The Balaban J connectivity index is 2.30. The van der Waals surface area contributed by atoms with E-state index in [9.17, 15) is 22.0 Å². The largest absolute Gasteiger partial charge is 0.337 e. The summed E-state index contributed by atoms with van der Waals surface area (Å²) >= 11 is 0. The fourth-order valence-corrected chi connectivity index (χ4v) is 4.24. The van der Waals surface area contributed by atoms with Crippen LogP contribution in [0, 0.1) is 11.6 Å². The van der Waals surface area contributed by atoms with Crippen molar-refractivity contribution in [3.05, 3.63) is 65.2 Å². The number of rotatable bonds is 7. The van der Waals surface area contributed by atoms with Gasteiger partial charge in [0.15, 0.2) is 0 Å². The van der Waals surface area contributed by atoms with Gasteiger partial charge in [-0.1, -0.05) is 26.0 Å². The monoisotopic (exact) mass is 396 g/mol. The van der Waals surface area contributed by atoms with E-state index in [-0.39, 0.29) is 31.0 Å². The van der Waals surface area contributed by atoms with Crippen molar-refractivity contribution in [3.63, 3.8) is 0 Å². The van der Waals surface area contributed by atoms with Gasteiger partial charge in [-0.05, 0) is 35.9 Å². The number of hydrogen-bond donors (Lipinski definition) is 0. The van der Waals surface area contributed by atoms with Crippen LogP contribution in [-0.4, -0.2) is 43.7 Å². The lowest BCUT2D eigenvalue weighted by atomic mass is 10.1. The van der Waals surface area contributed by atoms with Crippen molar-refractivity contribution in [2.24, 2.45) is 0 Å². The first-order valence-corrected chi connectivity index (χ1v) is 9.94. The van der Waals surface area contributed by atoms with Crippen LogP contribution in [-0.2, 0) is 16.6 Å². The minimum Gasteiger partial charge on any atom is -0.337 e. The summed E-state index contributed by atoms with van der Waals surface area (Å²) in [5.41, 5.74) is 0.775. The van der Waals surface area contributed by atoms with E-state index >= 15 is 0 Å². The number of nitrogens with zero attached hydrogens (tertiary/aromatic N) is 2. The van der Waals surface area contributed by atoms with Gasteiger partial charge in [-0.25, -0.2) is 17.2 Å². The molecule has 2 rings (SSSR count). The molecule has 0 aromatic heterocycles. The average Bonchev–Trinajstić information content (AvgIpc) is 2.64. The van der Waals surface area contributed by atoms with E-state index in [1.807, 2.05) is 0 Å². The van der Waals surface area contributed by atoms with Gasteiger partial charge in [0.1, 0.15) is 16.5 Å². The first kappa shape index (κ1) is 21.0. The van der Waals surface area contributed by atoms with Crippen LogP contribution >= 0.6 is 0 Å². The van der Waals surface area contributed by atoms with Gasteiger partial charge < -0.3 is 4.90 Å². The van der Waals surface area contributed by atoms with Crippen molar-refractivity contribution in [2.75, 3.05) is 20.1 Å². The summed E-state index contributed by atoms with van der Waals surface area (Å²) in [6.45, 7) is 3.91. The van der Waals surface area contributed by atoms with Crippen molar-refractivity contribution in [1.82, 2.24) is 9.21 Å². The van der Waals surface area contributed by atoms with Crippen LogP contribution in [0.1, 0.15) is 29.8 Å². The Bertz CT molecular complexity index is 911. The van der Waals surface area contributed by atoms with Crippen molar-refractivity contribution < 1.29 is 22.0 Å². The SMILES string of the molecule is CCN(CC)S(=O)(=O)c1cc(C(=O)N(C)Cc2ccc(F)cc2)ccc1F. The van der Waals surface area contributed by atoms with Crippen molar-refractivity contribution >= 4 is 15.9 Å². The Labute approximate surface area is 158 Å². The highest BCUT2D eigenvalue weighted by atomic mass is 32.2. The highest BCUT2D eigenvalue weighted by Gasteiger charge is 2.27. The molecule has 8 heteroatoms. The normalized spacial score (nSPS) is 11.6. The molecular formula is C19H22F2N2O3S. The molecule has 0 aliphatic carbocycles. The zero-order valence-electron chi connectivity index (χ0n) is 15.4. The molecule has 0 unspecified atom stereocenters. The van der Waals surface area contributed by atoms with Crippen LogP contribution in [0.3, 0.4) is 0 Å². The zero-order valence-corrected chi connectivity index (χ0v) is 16.3. The molecule has 27 heavy (non-hydrogen) atoms. The predicted molar refractivity (Wildman–Crippen MR) is 98.7 cm³/mol. The molecule has 0 heterocycles. The number of amides is 1. The molecule has 0 atom stereocenters. The molecule has 2 aromatic rings. The molecule has 0 radical (unpaired) electrons. The van der Waals surface area contributed by atoms with Gasteiger partial charge in [-0.2, -0.15) is 4.31 Å². The second-order valence-electron chi connectivity index (χ2n) is 6.02. The first-order valence-electron chi connectivity index (χ1n) is 8.50.